The molecule has 1 atom stereocenters. The van der Waals surface area contributed by atoms with E-state index >= 15 is 0 Å². The molecule has 0 radical (unpaired) electrons. The molecule has 4 rings (SSSR count). The molecule has 3 aromatic carbocycles. The van der Waals surface area contributed by atoms with Crippen LogP contribution in [0.2, 0.25) is 0 Å². The van der Waals surface area contributed by atoms with Gasteiger partial charge < -0.3 is 0 Å². The highest BCUT2D eigenvalue weighted by Crippen LogP contribution is 2.32. The molecule has 0 N–H and O–H groups in total. The van der Waals surface area contributed by atoms with Crippen molar-refractivity contribution in [3.63, 3.8) is 0 Å². The van der Waals surface area contributed by atoms with E-state index in [4.69, 9.17) is 0 Å². The predicted octanol–water partition coefficient (Wildman–Crippen LogP) is 7.21. The van der Waals surface area contributed by atoms with Crippen molar-refractivity contribution >= 4 is 0 Å². The molecule has 0 aromatic heterocycles. The van der Waals surface area contributed by atoms with Gasteiger partial charge in [0.2, 0.25) is 0 Å². The second-order valence-corrected chi connectivity index (χ2v) is 8.08. The number of aryl methyl sites for hydroxylation is 1. The van der Waals surface area contributed by atoms with E-state index in [2.05, 4.69) is 30.9 Å². The molecule has 0 aliphatic heterocycles. The third-order valence-corrected chi connectivity index (χ3v) is 5.86. The van der Waals surface area contributed by atoms with Crippen LogP contribution in [0.5, 0.6) is 0 Å². The van der Waals surface area contributed by atoms with Gasteiger partial charge in [0, 0.05) is 5.56 Å². The molecular weight excluding hydrogens is 400 g/mol. The van der Waals surface area contributed by atoms with Gasteiger partial charge in [0.25, 0.3) is 0 Å². The first-order chi connectivity index (χ1) is 14.9. The van der Waals surface area contributed by atoms with Crippen molar-refractivity contribution in [3.8, 4) is 23.0 Å². The fourth-order valence-electron chi connectivity index (χ4n) is 4.23. The van der Waals surface area contributed by atoms with Gasteiger partial charge in [0.05, 0.1) is 5.56 Å². The fourth-order valence-corrected chi connectivity index (χ4v) is 4.23. The average Bonchev–Trinajstić information content (AvgIpc) is 2.76. The van der Waals surface area contributed by atoms with Crippen LogP contribution in [0.15, 0.2) is 48.5 Å². The Morgan fingerprint density at radius 1 is 0.806 bits per heavy atom. The number of hydrogen-bond donors (Lipinski definition) is 0. The lowest BCUT2D eigenvalue weighted by Crippen LogP contribution is -2.14. The van der Waals surface area contributed by atoms with Crippen LogP contribution in [-0.4, -0.2) is 0 Å². The maximum Gasteiger partial charge on any atom is 0.194 e. The molecule has 0 nitrogen and oxygen atoms in total. The van der Waals surface area contributed by atoms with E-state index in [1.165, 1.54) is 36.5 Å². The summed E-state index contributed by atoms with van der Waals surface area (Å²) in [5.74, 6) is 1.09. The van der Waals surface area contributed by atoms with E-state index in [0.29, 0.717) is 0 Å². The molecule has 0 saturated heterocycles. The van der Waals surface area contributed by atoms with E-state index in [9.17, 15) is 17.6 Å². The number of hydrogen-bond acceptors (Lipinski definition) is 0. The van der Waals surface area contributed by atoms with Gasteiger partial charge in [0.15, 0.2) is 17.5 Å². The van der Waals surface area contributed by atoms with Crippen LogP contribution in [0, 0.1) is 41.0 Å². The Kier molecular flexibility index (Phi) is 6.13. The minimum absolute atomic E-state index is 0.0593. The zero-order valence-corrected chi connectivity index (χ0v) is 17.2. The average molecular weight is 422 g/mol. The fraction of sp³-hybridized carbons (Fsp3) is 0.259. The lowest BCUT2D eigenvalue weighted by atomic mass is 9.81. The maximum absolute atomic E-state index is 14.6. The van der Waals surface area contributed by atoms with E-state index in [-0.39, 0.29) is 11.1 Å². The summed E-state index contributed by atoms with van der Waals surface area (Å²) in [6.07, 6.45) is 5.81. The van der Waals surface area contributed by atoms with Crippen LogP contribution in [0.25, 0.3) is 11.1 Å². The Morgan fingerprint density at radius 3 is 2.23 bits per heavy atom. The van der Waals surface area contributed by atoms with Crippen molar-refractivity contribution in [1.29, 1.82) is 0 Å². The quantitative estimate of drug-likeness (QED) is 0.238. The summed E-state index contributed by atoms with van der Waals surface area (Å²) in [6, 6.07) is 12.6. The molecule has 0 fully saturated rings. The first-order valence-electron chi connectivity index (χ1n) is 10.5. The van der Waals surface area contributed by atoms with Gasteiger partial charge >= 0.3 is 0 Å². The Morgan fingerprint density at radius 2 is 1.52 bits per heavy atom. The van der Waals surface area contributed by atoms with Gasteiger partial charge in [-0.2, -0.15) is 0 Å². The van der Waals surface area contributed by atoms with Crippen LogP contribution < -0.4 is 0 Å². The van der Waals surface area contributed by atoms with Gasteiger partial charge in [-0.05, 0) is 71.7 Å². The standard InChI is InChI=1S/C27H22F4/c1-2-3-17-4-7-21-15-22(11-10-20(21)12-17)23-9-8-19(24(28)16-23)6-5-18-13-25(29)27(31)26(30)14-18/h8-11,13-17H,2-4,7,12H2,1H3. The van der Waals surface area contributed by atoms with E-state index in [1.807, 2.05) is 6.07 Å². The second-order valence-electron chi connectivity index (χ2n) is 8.08. The molecule has 4 heteroatoms. The summed E-state index contributed by atoms with van der Waals surface area (Å²) in [4.78, 5) is 0. The van der Waals surface area contributed by atoms with Crippen molar-refractivity contribution in [3.05, 3.63) is 94.1 Å². The minimum atomic E-state index is -1.55. The van der Waals surface area contributed by atoms with Crippen molar-refractivity contribution in [2.24, 2.45) is 5.92 Å². The molecule has 0 heterocycles. The molecule has 158 valence electrons. The number of fused-ring (bicyclic) bond motifs is 1. The van der Waals surface area contributed by atoms with E-state index in [1.54, 1.807) is 12.1 Å². The third kappa shape index (κ3) is 4.66. The first-order valence-corrected chi connectivity index (χ1v) is 10.5. The zero-order valence-electron chi connectivity index (χ0n) is 17.2. The topological polar surface area (TPSA) is 0 Å². The Labute approximate surface area is 179 Å². The molecule has 31 heavy (non-hydrogen) atoms. The summed E-state index contributed by atoms with van der Waals surface area (Å²) in [7, 11) is 0. The summed E-state index contributed by atoms with van der Waals surface area (Å²) in [6.45, 7) is 2.22. The van der Waals surface area contributed by atoms with Gasteiger partial charge in [-0.15, -0.1) is 0 Å². The number of rotatable bonds is 3. The van der Waals surface area contributed by atoms with Crippen molar-refractivity contribution in [2.45, 2.75) is 39.0 Å². The molecule has 1 aliphatic rings. The Balaban J connectivity index is 1.56. The number of halogens is 4. The molecule has 0 bridgehead atoms. The smallest absolute Gasteiger partial charge is 0.194 e. The van der Waals surface area contributed by atoms with Gasteiger partial charge in [-0.25, -0.2) is 17.6 Å². The highest BCUT2D eigenvalue weighted by Gasteiger charge is 2.18. The molecular formula is C27H22F4. The molecule has 3 aromatic rings. The lowest BCUT2D eigenvalue weighted by molar-refractivity contribution is 0.423. The molecule has 1 unspecified atom stereocenters. The lowest BCUT2D eigenvalue weighted by Gasteiger charge is -2.24. The molecule has 0 spiro atoms. The zero-order chi connectivity index (χ0) is 22.0. The van der Waals surface area contributed by atoms with Gasteiger partial charge in [0.1, 0.15) is 5.82 Å². The van der Waals surface area contributed by atoms with Crippen LogP contribution in [-0.2, 0) is 12.8 Å². The summed E-state index contributed by atoms with van der Waals surface area (Å²) < 4.78 is 54.3. The van der Waals surface area contributed by atoms with Crippen LogP contribution in [0.1, 0.15) is 48.4 Å². The summed E-state index contributed by atoms with van der Waals surface area (Å²) in [5.41, 5.74) is 4.46. The second kappa shape index (κ2) is 8.98. The van der Waals surface area contributed by atoms with Gasteiger partial charge in [-0.3, -0.25) is 0 Å². The Bertz CT molecular complexity index is 1160. The molecule has 1 aliphatic carbocycles. The van der Waals surface area contributed by atoms with E-state index in [0.717, 1.165) is 42.0 Å². The van der Waals surface area contributed by atoms with Gasteiger partial charge in [-0.1, -0.05) is 55.9 Å². The normalized spacial score (nSPS) is 15.2. The monoisotopic (exact) mass is 422 g/mol. The SMILES string of the molecule is CCCC1CCc2cc(-c3ccc(C#Cc4cc(F)c(F)c(F)c4)c(F)c3)ccc2C1. The maximum atomic E-state index is 14.6. The molecule has 0 saturated carbocycles. The Hall–Kier alpha value is -3.06. The van der Waals surface area contributed by atoms with Crippen LogP contribution in [0.4, 0.5) is 17.6 Å². The molecule has 0 amide bonds. The van der Waals surface area contributed by atoms with Crippen molar-refractivity contribution in [1.82, 2.24) is 0 Å². The highest BCUT2D eigenvalue weighted by atomic mass is 19.2. The highest BCUT2D eigenvalue weighted by molar-refractivity contribution is 5.66. The first kappa shape index (κ1) is 21.2. The third-order valence-electron chi connectivity index (χ3n) is 5.86. The summed E-state index contributed by atoms with van der Waals surface area (Å²) in [5, 5.41) is 0. The van der Waals surface area contributed by atoms with Crippen molar-refractivity contribution < 1.29 is 17.6 Å². The summed E-state index contributed by atoms with van der Waals surface area (Å²) >= 11 is 0. The van der Waals surface area contributed by atoms with Crippen LogP contribution in [0.3, 0.4) is 0 Å². The minimum Gasteiger partial charge on any atom is -0.206 e. The van der Waals surface area contributed by atoms with E-state index < -0.39 is 23.3 Å². The van der Waals surface area contributed by atoms with Crippen molar-refractivity contribution in [2.75, 3.05) is 0 Å². The predicted molar refractivity (Wildman–Crippen MR) is 115 cm³/mol. The number of benzene rings is 3. The van der Waals surface area contributed by atoms with Crippen LogP contribution >= 0.6 is 0 Å². The largest absolute Gasteiger partial charge is 0.206 e.